The van der Waals surface area contributed by atoms with Gasteiger partial charge in [-0.3, -0.25) is 4.79 Å². The normalized spacial score (nSPS) is 11.9. The van der Waals surface area contributed by atoms with Gasteiger partial charge in [-0.1, -0.05) is 36.4 Å². The lowest BCUT2D eigenvalue weighted by atomic mass is 10.1. The van der Waals surface area contributed by atoms with Crippen molar-refractivity contribution >= 4 is 18.3 Å². The third kappa shape index (κ3) is 9.51. The van der Waals surface area contributed by atoms with Crippen LogP contribution in [0.25, 0.3) is 0 Å². The number of rotatable bonds is 10. The van der Waals surface area contributed by atoms with Gasteiger partial charge in [-0.05, 0) is 63.8 Å². The molecule has 1 amide bonds. The Labute approximate surface area is 187 Å². The molecule has 0 saturated heterocycles. The second-order valence-electron chi connectivity index (χ2n) is 8.38. The fourth-order valence-corrected chi connectivity index (χ4v) is 2.96. The van der Waals surface area contributed by atoms with Gasteiger partial charge in [0.15, 0.2) is 18.1 Å². The maximum absolute atomic E-state index is 12.0. The Bertz CT molecular complexity index is 776. The highest BCUT2D eigenvalue weighted by molar-refractivity contribution is 5.85. The van der Waals surface area contributed by atoms with Crippen LogP contribution in [0.15, 0.2) is 48.5 Å². The maximum atomic E-state index is 12.0. The van der Waals surface area contributed by atoms with E-state index in [1.165, 1.54) is 5.56 Å². The minimum Gasteiger partial charge on any atom is -0.493 e. The fourth-order valence-electron chi connectivity index (χ4n) is 2.96. The number of hydrogen-bond acceptors (Lipinski definition) is 4. The smallest absolute Gasteiger partial charge is 0.258 e. The minimum atomic E-state index is -0.280. The van der Waals surface area contributed by atoms with E-state index in [4.69, 9.17) is 9.47 Å². The van der Waals surface area contributed by atoms with E-state index in [2.05, 4.69) is 41.8 Å². The highest BCUT2D eigenvalue weighted by Gasteiger charge is 2.15. The van der Waals surface area contributed by atoms with Crippen LogP contribution in [0.1, 0.15) is 45.2 Å². The molecule has 0 saturated carbocycles. The monoisotopic (exact) mass is 434 g/mol. The van der Waals surface area contributed by atoms with Gasteiger partial charge >= 0.3 is 0 Å². The van der Waals surface area contributed by atoms with Crippen molar-refractivity contribution in [2.75, 3.05) is 13.7 Å². The first kappa shape index (κ1) is 25.8. The number of carbonyl (C=O) groups is 1. The second kappa shape index (κ2) is 12.5. The lowest BCUT2D eigenvalue weighted by Crippen LogP contribution is -2.43. The Morgan fingerprint density at radius 2 is 1.73 bits per heavy atom. The molecule has 2 aromatic carbocycles. The molecule has 0 heterocycles. The van der Waals surface area contributed by atoms with Crippen molar-refractivity contribution in [3.63, 3.8) is 0 Å². The van der Waals surface area contributed by atoms with Crippen LogP contribution in [0.3, 0.4) is 0 Å². The van der Waals surface area contributed by atoms with Gasteiger partial charge in [-0.15, -0.1) is 12.4 Å². The third-order valence-electron chi connectivity index (χ3n) is 4.46. The summed E-state index contributed by atoms with van der Waals surface area (Å²) < 4.78 is 11.1. The molecule has 0 aliphatic rings. The molecule has 0 aromatic heterocycles. The molecule has 0 radical (unpaired) electrons. The van der Waals surface area contributed by atoms with Gasteiger partial charge in [0.25, 0.3) is 5.91 Å². The standard InChI is InChI=1S/C24H34N2O3.ClH/c1-18(11-12-19-9-7-6-8-10-19)25-16-20-13-14-21(22(15-20)28-5)29-17-23(27)26-24(2,3)4;/h6-10,13-15,18,25H,11-12,16-17H2,1-5H3,(H,26,27);1H. The van der Waals surface area contributed by atoms with Crippen molar-refractivity contribution in [1.29, 1.82) is 0 Å². The Balaban J connectivity index is 0.00000450. The van der Waals surface area contributed by atoms with Crippen LogP contribution in [-0.4, -0.2) is 31.2 Å². The number of hydrogen-bond donors (Lipinski definition) is 2. The Morgan fingerprint density at radius 3 is 2.37 bits per heavy atom. The van der Waals surface area contributed by atoms with E-state index in [0.29, 0.717) is 17.5 Å². The van der Waals surface area contributed by atoms with Gasteiger partial charge < -0.3 is 20.1 Å². The second-order valence-corrected chi connectivity index (χ2v) is 8.38. The third-order valence-corrected chi connectivity index (χ3v) is 4.46. The van der Waals surface area contributed by atoms with Crippen molar-refractivity contribution in [1.82, 2.24) is 10.6 Å². The quantitative estimate of drug-likeness (QED) is 0.577. The molecule has 0 spiro atoms. The SMILES string of the molecule is COc1cc(CNC(C)CCc2ccccc2)ccc1OCC(=O)NC(C)(C)C.Cl. The molecule has 0 aliphatic carbocycles. The van der Waals surface area contributed by atoms with Crippen molar-refractivity contribution in [2.45, 2.75) is 58.7 Å². The molecule has 6 heteroatoms. The molecule has 1 unspecified atom stereocenters. The average molecular weight is 435 g/mol. The summed E-state index contributed by atoms with van der Waals surface area (Å²) in [5.41, 5.74) is 2.19. The topological polar surface area (TPSA) is 59.6 Å². The summed E-state index contributed by atoms with van der Waals surface area (Å²) in [6.45, 7) is 8.72. The Kier molecular flexibility index (Phi) is 10.7. The van der Waals surface area contributed by atoms with E-state index >= 15 is 0 Å². The zero-order valence-corrected chi connectivity index (χ0v) is 19.5. The molecule has 1 atom stereocenters. The molecule has 166 valence electrons. The average Bonchev–Trinajstić information content (AvgIpc) is 2.68. The molecule has 0 fully saturated rings. The lowest BCUT2D eigenvalue weighted by molar-refractivity contribution is -0.124. The first-order valence-corrected chi connectivity index (χ1v) is 10.1. The van der Waals surface area contributed by atoms with Gasteiger partial charge in [-0.2, -0.15) is 0 Å². The van der Waals surface area contributed by atoms with Gasteiger partial charge in [0.1, 0.15) is 0 Å². The Morgan fingerprint density at radius 1 is 1.03 bits per heavy atom. The van der Waals surface area contributed by atoms with Gasteiger partial charge in [-0.25, -0.2) is 0 Å². The number of aryl methyl sites for hydroxylation is 1. The predicted molar refractivity (Wildman–Crippen MR) is 125 cm³/mol. The number of amides is 1. The predicted octanol–water partition coefficient (Wildman–Crippen LogP) is 4.52. The van der Waals surface area contributed by atoms with Crippen molar-refractivity contribution in [3.8, 4) is 11.5 Å². The van der Waals surface area contributed by atoms with Crippen LogP contribution < -0.4 is 20.1 Å². The molecule has 2 N–H and O–H groups in total. The summed E-state index contributed by atoms with van der Waals surface area (Å²) in [4.78, 5) is 12.0. The molecular weight excluding hydrogens is 400 g/mol. The number of carbonyl (C=O) groups excluding carboxylic acids is 1. The van der Waals surface area contributed by atoms with Crippen LogP contribution >= 0.6 is 12.4 Å². The van der Waals surface area contributed by atoms with Gasteiger partial charge in [0.05, 0.1) is 7.11 Å². The molecule has 5 nitrogen and oxygen atoms in total. The first-order chi connectivity index (χ1) is 13.8. The van der Waals surface area contributed by atoms with Crippen molar-refractivity contribution in [2.24, 2.45) is 0 Å². The Hall–Kier alpha value is -2.24. The van der Waals surface area contributed by atoms with E-state index < -0.39 is 0 Å². The van der Waals surface area contributed by atoms with Gasteiger partial charge in [0.2, 0.25) is 0 Å². The van der Waals surface area contributed by atoms with Crippen LogP contribution in [-0.2, 0) is 17.8 Å². The van der Waals surface area contributed by atoms with Crippen LogP contribution in [0.5, 0.6) is 11.5 Å². The molecule has 2 aromatic rings. The summed E-state index contributed by atoms with van der Waals surface area (Å²) in [6, 6.07) is 16.7. The highest BCUT2D eigenvalue weighted by atomic mass is 35.5. The summed E-state index contributed by atoms with van der Waals surface area (Å²) in [5, 5.41) is 6.44. The summed E-state index contributed by atoms with van der Waals surface area (Å²) in [7, 11) is 1.61. The molecule has 0 aliphatic heterocycles. The van der Waals surface area contributed by atoms with E-state index in [-0.39, 0.29) is 30.5 Å². The number of halogens is 1. The summed E-state index contributed by atoms with van der Waals surface area (Å²) >= 11 is 0. The van der Waals surface area contributed by atoms with E-state index in [1.807, 2.05) is 45.0 Å². The van der Waals surface area contributed by atoms with Crippen molar-refractivity contribution in [3.05, 3.63) is 59.7 Å². The number of nitrogens with one attached hydrogen (secondary N) is 2. The van der Waals surface area contributed by atoms with E-state index in [0.717, 1.165) is 24.9 Å². The van der Waals surface area contributed by atoms with Crippen LogP contribution in [0.4, 0.5) is 0 Å². The van der Waals surface area contributed by atoms with Crippen molar-refractivity contribution < 1.29 is 14.3 Å². The summed E-state index contributed by atoms with van der Waals surface area (Å²) in [6.07, 6.45) is 2.13. The van der Waals surface area contributed by atoms with E-state index in [9.17, 15) is 4.79 Å². The van der Waals surface area contributed by atoms with Crippen LogP contribution in [0, 0.1) is 0 Å². The van der Waals surface area contributed by atoms with Gasteiger partial charge in [0, 0.05) is 18.1 Å². The van der Waals surface area contributed by atoms with E-state index in [1.54, 1.807) is 7.11 Å². The molecule has 30 heavy (non-hydrogen) atoms. The molecule has 2 rings (SSSR count). The minimum absolute atomic E-state index is 0. The first-order valence-electron chi connectivity index (χ1n) is 10.1. The lowest BCUT2D eigenvalue weighted by Gasteiger charge is -2.21. The highest BCUT2D eigenvalue weighted by Crippen LogP contribution is 2.28. The zero-order chi connectivity index (χ0) is 21.3. The maximum Gasteiger partial charge on any atom is 0.258 e. The van der Waals surface area contributed by atoms with Crippen LogP contribution in [0.2, 0.25) is 0 Å². The molecule has 0 bridgehead atoms. The number of benzene rings is 2. The summed E-state index contributed by atoms with van der Waals surface area (Å²) in [5.74, 6) is 1.04. The number of methoxy groups -OCH3 is 1. The zero-order valence-electron chi connectivity index (χ0n) is 18.7. The number of ether oxygens (including phenoxy) is 2. The molecular formula is C24H35ClN2O3. The fraction of sp³-hybridized carbons (Fsp3) is 0.458. The largest absolute Gasteiger partial charge is 0.493 e.